The van der Waals surface area contributed by atoms with Gasteiger partial charge in [-0.05, 0) is 38.1 Å². The van der Waals surface area contributed by atoms with Crippen molar-refractivity contribution in [1.29, 1.82) is 0 Å². The molecule has 0 spiro atoms. The first-order chi connectivity index (χ1) is 12.4. The summed E-state index contributed by atoms with van der Waals surface area (Å²) in [5.74, 6) is 0.200. The zero-order chi connectivity index (χ0) is 18.7. The van der Waals surface area contributed by atoms with Gasteiger partial charge in [0.15, 0.2) is 4.32 Å². The molecule has 3 rings (SSSR count). The van der Waals surface area contributed by atoms with Crippen LogP contribution in [0.25, 0.3) is 0 Å². The maximum Gasteiger partial charge on any atom is 0.250 e. The zero-order valence-electron chi connectivity index (χ0n) is 14.6. The molecule has 0 radical (unpaired) electrons. The molecular weight excluding hydrogens is 460 g/mol. The van der Waals surface area contributed by atoms with Crippen LogP contribution in [0.1, 0.15) is 17.5 Å². The molecule has 2 atom stereocenters. The van der Waals surface area contributed by atoms with E-state index in [9.17, 15) is 4.79 Å². The number of anilines is 1. The number of nitrogens with zero attached hydrogens (tertiary/aromatic N) is 1. The van der Waals surface area contributed by atoms with Crippen LogP contribution >= 0.6 is 31.9 Å². The quantitative estimate of drug-likeness (QED) is 0.605. The maximum atomic E-state index is 13.0. The SMILES string of the molecule is Cc1ccc(N=C2O[C@H](CBr)C[C@@]2(Br)C(=O)Nc2ccc(C)cc2)cc1. The van der Waals surface area contributed by atoms with Gasteiger partial charge in [0.2, 0.25) is 5.90 Å². The molecule has 2 aromatic carbocycles. The molecule has 1 fully saturated rings. The van der Waals surface area contributed by atoms with Crippen molar-refractivity contribution in [2.75, 3.05) is 10.6 Å². The van der Waals surface area contributed by atoms with Crippen LogP contribution in [0.3, 0.4) is 0 Å². The largest absolute Gasteiger partial charge is 0.475 e. The minimum absolute atomic E-state index is 0.123. The fourth-order valence-corrected chi connectivity index (χ4v) is 3.69. The van der Waals surface area contributed by atoms with E-state index in [4.69, 9.17) is 4.74 Å². The molecule has 0 aromatic heterocycles. The number of ether oxygens (including phenoxy) is 1. The van der Waals surface area contributed by atoms with Crippen LogP contribution in [-0.4, -0.2) is 27.6 Å². The van der Waals surface area contributed by atoms with Crippen molar-refractivity contribution < 1.29 is 9.53 Å². The van der Waals surface area contributed by atoms with Crippen LogP contribution in [0.5, 0.6) is 0 Å². The molecule has 0 saturated carbocycles. The van der Waals surface area contributed by atoms with Gasteiger partial charge >= 0.3 is 0 Å². The number of aliphatic imine (C=N–C) groups is 1. The van der Waals surface area contributed by atoms with Gasteiger partial charge in [-0.25, -0.2) is 4.99 Å². The van der Waals surface area contributed by atoms with Crippen LogP contribution in [0.15, 0.2) is 53.5 Å². The second-order valence-electron chi connectivity index (χ2n) is 6.47. The summed E-state index contributed by atoms with van der Waals surface area (Å²) in [6.45, 7) is 4.03. The smallest absolute Gasteiger partial charge is 0.250 e. The lowest BCUT2D eigenvalue weighted by Crippen LogP contribution is -2.41. The first-order valence-corrected chi connectivity index (χ1v) is 10.3. The van der Waals surface area contributed by atoms with Crippen molar-refractivity contribution in [3.8, 4) is 0 Å². The number of carbonyl (C=O) groups is 1. The Hall–Kier alpha value is -1.66. The summed E-state index contributed by atoms with van der Waals surface area (Å²) in [5.41, 5.74) is 3.80. The molecule has 1 N–H and O–H groups in total. The summed E-state index contributed by atoms with van der Waals surface area (Å²) in [4.78, 5) is 17.6. The third-order valence-corrected chi connectivity index (χ3v) is 5.98. The van der Waals surface area contributed by atoms with Gasteiger partial charge in [0.1, 0.15) is 6.10 Å². The lowest BCUT2D eigenvalue weighted by atomic mass is 10.0. The number of hydrogen-bond acceptors (Lipinski definition) is 3. The second-order valence-corrected chi connectivity index (χ2v) is 8.47. The number of benzene rings is 2. The molecule has 1 heterocycles. The standard InChI is InChI=1S/C20H20Br2N2O2/c1-13-3-7-15(8-4-13)23-18(25)20(22)11-17(12-21)26-19(20)24-16-9-5-14(2)6-10-16/h3-10,17H,11-12H2,1-2H3,(H,23,25)/t17-,20+/m0/s1. The molecule has 1 saturated heterocycles. The molecule has 26 heavy (non-hydrogen) atoms. The molecule has 0 aliphatic carbocycles. The molecule has 1 aliphatic heterocycles. The van der Waals surface area contributed by atoms with E-state index in [0.29, 0.717) is 17.6 Å². The van der Waals surface area contributed by atoms with E-state index >= 15 is 0 Å². The summed E-state index contributed by atoms with van der Waals surface area (Å²) in [7, 11) is 0. The maximum absolute atomic E-state index is 13.0. The molecule has 4 nitrogen and oxygen atoms in total. The lowest BCUT2D eigenvalue weighted by molar-refractivity contribution is -0.116. The van der Waals surface area contributed by atoms with Gasteiger partial charge in [-0.15, -0.1) is 0 Å². The number of aryl methyl sites for hydroxylation is 2. The predicted molar refractivity (Wildman–Crippen MR) is 113 cm³/mol. The van der Waals surface area contributed by atoms with Crippen LogP contribution in [0.4, 0.5) is 11.4 Å². The van der Waals surface area contributed by atoms with E-state index in [1.54, 1.807) is 0 Å². The van der Waals surface area contributed by atoms with Crippen molar-refractivity contribution in [2.45, 2.75) is 30.7 Å². The highest BCUT2D eigenvalue weighted by Gasteiger charge is 2.51. The van der Waals surface area contributed by atoms with Gasteiger partial charge in [0.05, 0.1) is 5.69 Å². The fourth-order valence-electron chi connectivity index (χ4n) is 2.69. The number of rotatable bonds is 4. The Kier molecular flexibility index (Phi) is 5.82. The molecule has 2 aromatic rings. The van der Waals surface area contributed by atoms with Crippen molar-refractivity contribution in [2.24, 2.45) is 4.99 Å². The second kappa shape index (κ2) is 7.92. The molecule has 1 aliphatic rings. The average molecular weight is 480 g/mol. The summed E-state index contributed by atoms with van der Waals surface area (Å²) in [6.07, 6.45) is 0.378. The first kappa shape index (κ1) is 19.1. The Bertz CT molecular complexity index is 819. The van der Waals surface area contributed by atoms with Gasteiger partial charge in [0.25, 0.3) is 5.91 Å². The number of alkyl halides is 2. The van der Waals surface area contributed by atoms with E-state index in [0.717, 1.165) is 22.5 Å². The average Bonchev–Trinajstić information content (AvgIpc) is 2.96. The number of nitrogens with one attached hydrogen (secondary N) is 1. The van der Waals surface area contributed by atoms with Crippen molar-refractivity contribution in [3.05, 3.63) is 59.7 Å². The number of hydrogen-bond donors (Lipinski definition) is 1. The van der Waals surface area contributed by atoms with Gasteiger partial charge in [-0.1, -0.05) is 67.3 Å². The molecule has 0 unspecified atom stereocenters. The Morgan fingerprint density at radius 3 is 2.31 bits per heavy atom. The number of carbonyl (C=O) groups excluding carboxylic acids is 1. The van der Waals surface area contributed by atoms with Gasteiger partial charge in [-0.2, -0.15) is 0 Å². The first-order valence-electron chi connectivity index (χ1n) is 8.36. The molecule has 0 bridgehead atoms. The van der Waals surface area contributed by atoms with Crippen molar-refractivity contribution in [3.63, 3.8) is 0 Å². The lowest BCUT2D eigenvalue weighted by Gasteiger charge is -2.19. The Labute approximate surface area is 170 Å². The Balaban J connectivity index is 1.88. The highest BCUT2D eigenvalue weighted by Crippen LogP contribution is 2.38. The molecular formula is C20H20Br2N2O2. The normalized spacial score (nSPS) is 23.7. The zero-order valence-corrected chi connectivity index (χ0v) is 17.8. The van der Waals surface area contributed by atoms with Crippen molar-refractivity contribution >= 4 is 55.0 Å². The van der Waals surface area contributed by atoms with Gasteiger partial charge < -0.3 is 10.1 Å². The highest BCUT2D eigenvalue weighted by atomic mass is 79.9. The van der Waals surface area contributed by atoms with Crippen LogP contribution in [0, 0.1) is 13.8 Å². The van der Waals surface area contributed by atoms with E-state index in [1.807, 2.05) is 62.4 Å². The Morgan fingerprint density at radius 2 is 1.73 bits per heavy atom. The van der Waals surface area contributed by atoms with E-state index < -0.39 is 4.32 Å². The van der Waals surface area contributed by atoms with Gasteiger partial charge in [-0.3, -0.25) is 4.79 Å². The van der Waals surface area contributed by atoms with Crippen LogP contribution in [-0.2, 0) is 9.53 Å². The fraction of sp³-hybridized carbons (Fsp3) is 0.300. The van der Waals surface area contributed by atoms with E-state index in [2.05, 4.69) is 42.2 Å². The summed E-state index contributed by atoms with van der Waals surface area (Å²) in [6, 6.07) is 15.5. The van der Waals surface area contributed by atoms with Crippen LogP contribution in [0.2, 0.25) is 0 Å². The predicted octanol–water partition coefficient (Wildman–Crippen LogP) is 5.29. The third-order valence-electron chi connectivity index (χ3n) is 4.23. The van der Waals surface area contributed by atoms with Crippen molar-refractivity contribution in [1.82, 2.24) is 0 Å². The van der Waals surface area contributed by atoms with E-state index in [1.165, 1.54) is 0 Å². The highest BCUT2D eigenvalue weighted by molar-refractivity contribution is 9.10. The molecule has 136 valence electrons. The summed E-state index contributed by atoms with van der Waals surface area (Å²) < 4.78 is 4.93. The van der Waals surface area contributed by atoms with Gasteiger partial charge in [0, 0.05) is 17.4 Å². The Morgan fingerprint density at radius 1 is 1.15 bits per heavy atom. The minimum Gasteiger partial charge on any atom is -0.475 e. The van der Waals surface area contributed by atoms with Crippen LogP contribution < -0.4 is 5.32 Å². The monoisotopic (exact) mass is 478 g/mol. The number of amides is 1. The molecule has 1 amide bonds. The molecule has 6 heteroatoms. The minimum atomic E-state index is -0.999. The summed E-state index contributed by atoms with van der Waals surface area (Å²) >= 11 is 7.06. The topological polar surface area (TPSA) is 50.7 Å². The summed E-state index contributed by atoms with van der Waals surface area (Å²) in [5, 5.41) is 3.59. The van der Waals surface area contributed by atoms with E-state index in [-0.39, 0.29) is 12.0 Å². The third kappa shape index (κ3) is 4.18. The number of halogens is 2.